The van der Waals surface area contributed by atoms with Crippen LogP contribution in [0.1, 0.15) is 29.9 Å². The number of nitrogens with one attached hydrogen (secondary N) is 1. The third kappa shape index (κ3) is 5.58. The number of hydrogen-bond donors (Lipinski definition) is 2. The summed E-state index contributed by atoms with van der Waals surface area (Å²) in [5.41, 5.74) is -1.45. The second-order valence-corrected chi connectivity index (χ2v) is 4.79. The molecule has 0 amide bonds. The molecule has 1 aromatic rings. The van der Waals surface area contributed by atoms with Crippen LogP contribution < -0.4 is 5.32 Å². The van der Waals surface area contributed by atoms with E-state index in [9.17, 15) is 18.0 Å². The lowest BCUT2D eigenvalue weighted by Crippen LogP contribution is -2.17. The highest BCUT2D eigenvalue weighted by molar-refractivity contribution is 5.93. The minimum absolute atomic E-state index is 0.168. The van der Waals surface area contributed by atoms with Gasteiger partial charge in [-0.15, -0.1) is 0 Å². The maximum absolute atomic E-state index is 12.6. The molecule has 0 atom stereocenters. The van der Waals surface area contributed by atoms with E-state index >= 15 is 0 Å². The van der Waals surface area contributed by atoms with Crippen LogP contribution in [-0.2, 0) is 10.9 Å². The highest BCUT2D eigenvalue weighted by atomic mass is 19.4. The van der Waals surface area contributed by atoms with Crippen molar-refractivity contribution in [2.45, 2.75) is 20.0 Å². The van der Waals surface area contributed by atoms with Crippen LogP contribution in [0.3, 0.4) is 0 Å². The van der Waals surface area contributed by atoms with Gasteiger partial charge in [0.1, 0.15) is 17.1 Å². The number of aromatic carboxylic acids is 1. The lowest BCUT2D eigenvalue weighted by atomic mass is 10.2. The summed E-state index contributed by atoms with van der Waals surface area (Å²) in [5, 5.41) is 11.5. The van der Waals surface area contributed by atoms with Crippen molar-refractivity contribution in [1.82, 2.24) is 4.98 Å². The van der Waals surface area contributed by atoms with Gasteiger partial charge in [-0.1, -0.05) is 13.8 Å². The number of ether oxygens (including phenoxy) is 1. The summed E-state index contributed by atoms with van der Waals surface area (Å²) in [4.78, 5) is 14.3. The molecule has 21 heavy (non-hydrogen) atoms. The second kappa shape index (κ2) is 7.26. The molecule has 0 spiro atoms. The van der Waals surface area contributed by atoms with Crippen molar-refractivity contribution in [2.75, 3.05) is 25.1 Å². The van der Waals surface area contributed by atoms with E-state index in [2.05, 4.69) is 10.3 Å². The van der Waals surface area contributed by atoms with E-state index in [1.54, 1.807) is 0 Å². The van der Waals surface area contributed by atoms with E-state index in [1.165, 1.54) is 0 Å². The van der Waals surface area contributed by atoms with Crippen molar-refractivity contribution in [2.24, 2.45) is 5.92 Å². The number of alkyl halides is 3. The molecule has 0 aliphatic heterocycles. The summed E-state index contributed by atoms with van der Waals surface area (Å²) in [6.07, 6.45) is -4.62. The second-order valence-electron chi connectivity index (χ2n) is 4.79. The van der Waals surface area contributed by atoms with Gasteiger partial charge < -0.3 is 15.2 Å². The Hall–Kier alpha value is -1.83. The van der Waals surface area contributed by atoms with E-state index in [1.807, 2.05) is 13.8 Å². The molecule has 0 unspecified atom stereocenters. The summed E-state index contributed by atoms with van der Waals surface area (Å²) < 4.78 is 43.0. The van der Waals surface area contributed by atoms with Gasteiger partial charge in [0, 0.05) is 13.2 Å². The molecule has 0 radical (unpaired) electrons. The number of carbonyl (C=O) groups is 1. The van der Waals surface area contributed by atoms with Gasteiger partial charge in [-0.05, 0) is 18.1 Å². The zero-order valence-corrected chi connectivity index (χ0v) is 11.7. The molecule has 0 aliphatic carbocycles. The Balaban J connectivity index is 2.75. The first-order valence-electron chi connectivity index (χ1n) is 6.35. The van der Waals surface area contributed by atoms with Crippen LogP contribution in [-0.4, -0.2) is 35.8 Å². The fourth-order valence-corrected chi connectivity index (χ4v) is 1.48. The van der Waals surface area contributed by atoms with Crippen LogP contribution >= 0.6 is 0 Å². The van der Waals surface area contributed by atoms with E-state index in [0.29, 0.717) is 18.6 Å². The van der Waals surface area contributed by atoms with Crippen molar-refractivity contribution in [3.8, 4) is 0 Å². The van der Waals surface area contributed by atoms with Gasteiger partial charge in [0.25, 0.3) is 0 Å². The van der Waals surface area contributed by atoms with Crippen LogP contribution in [0.5, 0.6) is 0 Å². The molecule has 8 heteroatoms. The zero-order valence-electron chi connectivity index (χ0n) is 11.7. The zero-order chi connectivity index (χ0) is 16.0. The molecule has 1 aromatic heterocycles. The summed E-state index contributed by atoms with van der Waals surface area (Å²) in [6, 6.07) is 1.53. The maximum atomic E-state index is 12.6. The monoisotopic (exact) mass is 306 g/mol. The first kappa shape index (κ1) is 17.2. The van der Waals surface area contributed by atoms with Crippen molar-refractivity contribution in [3.05, 3.63) is 23.4 Å². The summed E-state index contributed by atoms with van der Waals surface area (Å²) in [7, 11) is 0. The maximum Gasteiger partial charge on any atom is 0.433 e. The van der Waals surface area contributed by atoms with Gasteiger partial charge in [-0.2, -0.15) is 13.2 Å². The third-order valence-electron chi connectivity index (χ3n) is 2.41. The highest BCUT2D eigenvalue weighted by Crippen LogP contribution is 2.29. The molecule has 1 heterocycles. The van der Waals surface area contributed by atoms with Gasteiger partial charge in [-0.25, -0.2) is 9.78 Å². The fraction of sp³-hybridized carbons (Fsp3) is 0.538. The predicted octanol–water partition coefficient (Wildman–Crippen LogP) is 2.88. The molecule has 1 rings (SSSR count). The normalized spacial score (nSPS) is 11.7. The lowest BCUT2D eigenvalue weighted by molar-refractivity contribution is -0.141. The van der Waals surface area contributed by atoms with Gasteiger partial charge in [0.15, 0.2) is 0 Å². The first-order valence-corrected chi connectivity index (χ1v) is 6.35. The number of hydrogen-bond acceptors (Lipinski definition) is 4. The predicted molar refractivity (Wildman–Crippen MR) is 70.3 cm³/mol. The van der Waals surface area contributed by atoms with Gasteiger partial charge >= 0.3 is 12.1 Å². The van der Waals surface area contributed by atoms with Gasteiger partial charge in [-0.3, -0.25) is 0 Å². The molecule has 0 fully saturated rings. The number of nitrogens with zero attached hydrogens (tertiary/aromatic N) is 1. The molecular weight excluding hydrogens is 289 g/mol. The Labute approximate surface area is 120 Å². The van der Waals surface area contributed by atoms with Crippen LogP contribution in [0, 0.1) is 5.92 Å². The Morgan fingerprint density at radius 1 is 1.43 bits per heavy atom. The minimum atomic E-state index is -4.62. The molecule has 5 nitrogen and oxygen atoms in total. The molecule has 0 aromatic carbocycles. The van der Waals surface area contributed by atoms with Crippen LogP contribution in [0.2, 0.25) is 0 Å². The van der Waals surface area contributed by atoms with Crippen molar-refractivity contribution in [1.29, 1.82) is 0 Å². The molecule has 0 bridgehead atoms. The summed E-state index contributed by atoms with van der Waals surface area (Å²) in [6.45, 7) is 4.86. The SMILES string of the molecule is CC(C)COCCNc1nc(C(F)(F)F)ccc1C(=O)O. The van der Waals surface area contributed by atoms with Crippen LogP contribution in [0.4, 0.5) is 19.0 Å². The van der Waals surface area contributed by atoms with E-state index < -0.39 is 17.8 Å². The third-order valence-corrected chi connectivity index (χ3v) is 2.41. The smallest absolute Gasteiger partial charge is 0.433 e. The fourth-order valence-electron chi connectivity index (χ4n) is 1.48. The van der Waals surface area contributed by atoms with E-state index in [-0.39, 0.29) is 24.5 Å². The molecular formula is C13H17F3N2O3. The largest absolute Gasteiger partial charge is 0.478 e. The standard InChI is InChI=1S/C13H17F3N2O3/c1-8(2)7-21-6-5-17-11-9(12(19)20)3-4-10(18-11)13(14,15)16/h3-4,8H,5-7H2,1-2H3,(H,17,18)(H,19,20). The van der Waals surface area contributed by atoms with Crippen LogP contribution in [0.15, 0.2) is 12.1 Å². The average Bonchev–Trinajstić information content (AvgIpc) is 2.36. The summed E-state index contributed by atoms with van der Waals surface area (Å²) >= 11 is 0. The van der Waals surface area contributed by atoms with Gasteiger partial charge in [0.05, 0.1) is 6.61 Å². The molecule has 0 aliphatic rings. The minimum Gasteiger partial charge on any atom is -0.478 e. The Morgan fingerprint density at radius 3 is 2.62 bits per heavy atom. The molecule has 2 N–H and O–H groups in total. The number of carboxylic acid groups (broad SMARTS) is 1. The number of pyridine rings is 1. The van der Waals surface area contributed by atoms with E-state index in [4.69, 9.17) is 9.84 Å². The van der Waals surface area contributed by atoms with Gasteiger partial charge in [0.2, 0.25) is 0 Å². The molecule has 0 saturated carbocycles. The topological polar surface area (TPSA) is 71.5 Å². The lowest BCUT2D eigenvalue weighted by Gasteiger charge is -2.12. The van der Waals surface area contributed by atoms with Crippen LogP contribution in [0.25, 0.3) is 0 Å². The quantitative estimate of drug-likeness (QED) is 0.758. The number of anilines is 1. The number of carboxylic acids is 1. The Bertz CT molecular complexity index is 490. The summed E-state index contributed by atoms with van der Waals surface area (Å²) in [5.74, 6) is -1.32. The molecule has 0 saturated heterocycles. The van der Waals surface area contributed by atoms with E-state index in [0.717, 1.165) is 6.07 Å². The van der Waals surface area contributed by atoms with Crippen molar-refractivity contribution >= 4 is 11.8 Å². The number of halogens is 3. The Morgan fingerprint density at radius 2 is 2.10 bits per heavy atom. The van der Waals surface area contributed by atoms with Crippen molar-refractivity contribution in [3.63, 3.8) is 0 Å². The first-order chi connectivity index (χ1) is 9.71. The Kier molecular flexibility index (Phi) is 5.95. The molecule has 118 valence electrons. The van der Waals surface area contributed by atoms with Crippen molar-refractivity contribution < 1.29 is 27.8 Å². The number of rotatable bonds is 7. The highest BCUT2D eigenvalue weighted by Gasteiger charge is 2.33. The number of aromatic nitrogens is 1. The average molecular weight is 306 g/mol.